The minimum absolute atomic E-state index is 0.0393. The monoisotopic (exact) mass is 340 g/mol. The summed E-state index contributed by atoms with van der Waals surface area (Å²) < 4.78 is 0.415. The van der Waals surface area contributed by atoms with Crippen LogP contribution in [0.4, 0.5) is 5.69 Å². The third kappa shape index (κ3) is 3.04. The van der Waals surface area contributed by atoms with Gasteiger partial charge in [-0.2, -0.15) is 0 Å². The van der Waals surface area contributed by atoms with Gasteiger partial charge in [-0.1, -0.05) is 66.4 Å². The van der Waals surface area contributed by atoms with Crippen LogP contribution in [-0.2, 0) is 4.79 Å². The van der Waals surface area contributed by atoms with Crippen molar-refractivity contribution in [3.05, 3.63) is 70.6 Å². The molecule has 3 rings (SSSR count). The molecule has 0 radical (unpaired) electrons. The van der Waals surface area contributed by atoms with Crippen LogP contribution in [0.25, 0.3) is 6.08 Å². The van der Waals surface area contributed by atoms with E-state index in [0.717, 1.165) is 11.8 Å². The zero-order chi connectivity index (χ0) is 16.4. The molecule has 23 heavy (non-hydrogen) atoms. The maximum atomic E-state index is 12.6. The highest BCUT2D eigenvalue weighted by molar-refractivity contribution is 8.27. The highest BCUT2D eigenvalue weighted by Crippen LogP contribution is 2.36. The van der Waals surface area contributed by atoms with Crippen molar-refractivity contribution in [2.75, 3.05) is 4.90 Å². The van der Waals surface area contributed by atoms with Gasteiger partial charge in [-0.15, -0.1) is 0 Å². The number of hydrogen-bond acceptors (Lipinski definition) is 5. The van der Waals surface area contributed by atoms with Gasteiger partial charge >= 0.3 is 0 Å². The summed E-state index contributed by atoms with van der Waals surface area (Å²) in [7, 11) is 0. The number of carboxylic acids is 1. The lowest BCUT2D eigenvalue weighted by Crippen LogP contribution is -2.27. The molecule has 0 aliphatic carbocycles. The second-order valence-corrected chi connectivity index (χ2v) is 6.40. The second-order valence-electron chi connectivity index (χ2n) is 4.73. The van der Waals surface area contributed by atoms with E-state index in [1.165, 1.54) is 17.0 Å². The second kappa shape index (κ2) is 6.36. The molecular weight excluding hydrogens is 330 g/mol. The smallest absolute Gasteiger partial charge is 0.270 e. The minimum atomic E-state index is -1.28. The molecule has 4 nitrogen and oxygen atoms in total. The summed E-state index contributed by atoms with van der Waals surface area (Å²) in [5.41, 5.74) is 1.14. The van der Waals surface area contributed by atoms with Crippen molar-refractivity contribution in [3.8, 4) is 0 Å². The van der Waals surface area contributed by atoms with Gasteiger partial charge in [-0.05, 0) is 23.8 Å². The standard InChI is InChI=1S/C17H11NO3S2/c19-15-14(10-11-6-4-5-9-13(11)16(20)21)23-17(22)18(15)12-7-2-1-3-8-12/h1-10H,(H,20,21)/p-1/b14-10+. The minimum Gasteiger partial charge on any atom is -0.545 e. The van der Waals surface area contributed by atoms with Crippen LogP contribution in [-0.4, -0.2) is 16.2 Å². The summed E-state index contributed by atoms with van der Waals surface area (Å²) in [6.45, 7) is 0. The largest absolute Gasteiger partial charge is 0.545 e. The molecule has 2 aromatic carbocycles. The fourth-order valence-corrected chi connectivity index (χ4v) is 3.51. The Morgan fingerprint density at radius 1 is 1.09 bits per heavy atom. The molecule has 1 amide bonds. The first kappa shape index (κ1) is 15.5. The van der Waals surface area contributed by atoms with Crippen LogP contribution >= 0.6 is 24.0 Å². The molecule has 1 aliphatic rings. The van der Waals surface area contributed by atoms with Crippen molar-refractivity contribution in [1.29, 1.82) is 0 Å². The molecule has 2 aromatic rings. The average molecular weight is 340 g/mol. The van der Waals surface area contributed by atoms with Crippen LogP contribution in [0.5, 0.6) is 0 Å². The normalized spacial score (nSPS) is 16.2. The van der Waals surface area contributed by atoms with Crippen molar-refractivity contribution >= 4 is 51.9 Å². The Morgan fingerprint density at radius 2 is 1.74 bits per heavy atom. The lowest BCUT2D eigenvalue weighted by Gasteiger charge is -2.13. The Bertz CT molecular complexity index is 831. The van der Waals surface area contributed by atoms with E-state index in [1.54, 1.807) is 30.3 Å². The number of para-hydroxylation sites is 1. The molecule has 0 spiro atoms. The predicted octanol–water partition coefficient (Wildman–Crippen LogP) is 2.46. The average Bonchev–Trinajstić information content (AvgIpc) is 2.82. The molecule has 1 saturated heterocycles. The van der Waals surface area contributed by atoms with E-state index in [9.17, 15) is 14.7 Å². The van der Waals surface area contributed by atoms with E-state index < -0.39 is 5.97 Å². The summed E-state index contributed by atoms with van der Waals surface area (Å²) >= 11 is 6.42. The fourth-order valence-electron chi connectivity index (χ4n) is 2.22. The first-order valence-electron chi connectivity index (χ1n) is 6.71. The van der Waals surface area contributed by atoms with Crippen LogP contribution in [0.15, 0.2) is 59.5 Å². The molecule has 0 N–H and O–H groups in total. The van der Waals surface area contributed by atoms with Crippen LogP contribution in [0.3, 0.4) is 0 Å². The molecule has 1 fully saturated rings. The van der Waals surface area contributed by atoms with E-state index in [1.807, 2.05) is 18.2 Å². The third-order valence-corrected chi connectivity index (χ3v) is 4.58. The number of rotatable bonds is 3. The molecule has 1 heterocycles. The lowest BCUT2D eigenvalue weighted by molar-refractivity contribution is -0.255. The number of thiocarbonyl (C=S) groups is 1. The lowest BCUT2D eigenvalue weighted by atomic mass is 10.1. The van der Waals surface area contributed by atoms with E-state index in [0.29, 0.717) is 20.5 Å². The molecule has 6 heteroatoms. The predicted molar refractivity (Wildman–Crippen MR) is 92.9 cm³/mol. The number of carbonyl (C=O) groups excluding carboxylic acids is 2. The Balaban J connectivity index is 1.99. The van der Waals surface area contributed by atoms with E-state index in [2.05, 4.69) is 0 Å². The summed E-state index contributed by atoms with van der Waals surface area (Å²) in [5.74, 6) is -1.55. The van der Waals surface area contributed by atoms with Gasteiger partial charge in [0.05, 0.1) is 16.6 Å². The summed E-state index contributed by atoms with van der Waals surface area (Å²) in [6.07, 6.45) is 1.54. The van der Waals surface area contributed by atoms with Crippen molar-refractivity contribution < 1.29 is 14.7 Å². The molecule has 0 aromatic heterocycles. The maximum absolute atomic E-state index is 12.6. The highest BCUT2D eigenvalue weighted by atomic mass is 32.2. The van der Waals surface area contributed by atoms with Gasteiger partial charge in [0.25, 0.3) is 5.91 Å². The molecule has 114 valence electrons. The van der Waals surface area contributed by atoms with Crippen LogP contribution < -0.4 is 10.0 Å². The van der Waals surface area contributed by atoms with E-state index in [-0.39, 0.29) is 11.5 Å². The first-order chi connectivity index (χ1) is 11.1. The number of benzene rings is 2. The van der Waals surface area contributed by atoms with Gasteiger partial charge in [-0.25, -0.2) is 0 Å². The van der Waals surface area contributed by atoms with Crippen molar-refractivity contribution in [1.82, 2.24) is 0 Å². The number of nitrogens with zero attached hydrogens (tertiary/aromatic N) is 1. The zero-order valence-electron chi connectivity index (χ0n) is 11.8. The summed E-state index contributed by atoms with van der Waals surface area (Å²) in [4.78, 5) is 25.6. The van der Waals surface area contributed by atoms with Crippen molar-refractivity contribution in [2.24, 2.45) is 0 Å². The van der Waals surface area contributed by atoms with Gasteiger partial charge < -0.3 is 9.90 Å². The SMILES string of the molecule is O=C([O-])c1ccccc1/C=C1/SC(=S)N(c2ccccc2)C1=O. The number of hydrogen-bond donors (Lipinski definition) is 0. The van der Waals surface area contributed by atoms with Gasteiger partial charge in [-0.3, -0.25) is 9.69 Å². The number of thioether (sulfide) groups is 1. The molecule has 0 saturated carbocycles. The van der Waals surface area contributed by atoms with Gasteiger partial charge in [0.2, 0.25) is 0 Å². The number of anilines is 1. The van der Waals surface area contributed by atoms with Crippen molar-refractivity contribution in [2.45, 2.75) is 0 Å². The van der Waals surface area contributed by atoms with Crippen LogP contribution in [0.1, 0.15) is 15.9 Å². The van der Waals surface area contributed by atoms with Crippen LogP contribution in [0, 0.1) is 0 Å². The number of aromatic carboxylic acids is 1. The van der Waals surface area contributed by atoms with Crippen molar-refractivity contribution in [3.63, 3.8) is 0 Å². The maximum Gasteiger partial charge on any atom is 0.270 e. The Kier molecular flexibility index (Phi) is 4.27. The topological polar surface area (TPSA) is 60.4 Å². The Morgan fingerprint density at radius 3 is 2.43 bits per heavy atom. The van der Waals surface area contributed by atoms with Gasteiger partial charge in [0.15, 0.2) is 4.32 Å². The fraction of sp³-hybridized carbons (Fsp3) is 0. The number of carboxylic acid groups (broad SMARTS) is 1. The number of amides is 1. The quantitative estimate of drug-likeness (QED) is 0.634. The molecule has 0 unspecified atom stereocenters. The van der Waals surface area contributed by atoms with Gasteiger partial charge in [0, 0.05) is 5.56 Å². The number of carbonyl (C=O) groups is 2. The highest BCUT2D eigenvalue weighted by Gasteiger charge is 2.33. The third-order valence-electron chi connectivity index (χ3n) is 3.28. The van der Waals surface area contributed by atoms with E-state index >= 15 is 0 Å². The Hall–Kier alpha value is -2.44. The summed E-state index contributed by atoms with van der Waals surface area (Å²) in [5, 5.41) is 11.2. The summed E-state index contributed by atoms with van der Waals surface area (Å²) in [6, 6.07) is 15.5. The molecule has 0 bridgehead atoms. The van der Waals surface area contributed by atoms with Gasteiger partial charge in [0.1, 0.15) is 0 Å². The molecule has 0 atom stereocenters. The zero-order valence-corrected chi connectivity index (χ0v) is 13.4. The van der Waals surface area contributed by atoms with Crippen LogP contribution in [0.2, 0.25) is 0 Å². The Labute approximate surface area is 142 Å². The first-order valence-corrected chi connectivity index (χ1v) is 7.94. The molecular formula is C17H10NO3S2-. The molecule has 1 aliphatic heterocycles. The van der Waals surface area contributed by atoms with E-state index in [4.69, 9.17) is 12.2 Å².